The highest BCUT2D eigenvalue weighted by atomic mass is 79.9. The largest absolute Gasteiger partial charge is 0.497 e. The summed E-state index contributed by atoms with van der Waals surface area (Å²) in [7, 11) is 3.21. The van der Waals surface area contributed by atoms with Gasteiger partial charge in [-0.1, -0.05) is 15.9 Å². The minimum atomic E-state index is -0.136. The van der Waals surface area contributed by atoms with E-state index in [9.17, 15) is 4.79 Å². The molecule has 1 N–H and O–H groups in total. The molecule has 1 aromatic heterocycles. The fourth-order valence-corrected chi connectivity index (χ4v) is 2.49. The SMILES string of the molecule is COc1ccc(OC)c(-c2csc(NC(=O)CBr)n2)c1. The zero-order chi connectivity index (χ0) is 14.5. The van der Waals surface area contributed by atoms with Crippen molar-refractivity contribution >= 4 is 38.3 Å². The molecule has 0 atom stereocenters. The first-order chi connectivity index (χ1) is 9.67. The predicted octanol–water partition coefficient (Wildman–Crippen LogP) is 3.16. The van der Waals surface area contributed by atoms with Gasteiger partial charge in [-0.25, -0.2) is 4.98 Å². The van der Waals surface area contributed by atoms with E-state index >= 15 is 0 Å². The molecule has 1 aromatic carbocycles. The van der Waals surface area contributed by atoms with E-state index in [1.807, 2.05) is 23.6 Å². The van der Waals surface area contributed by atoms with Gasteiger partial charge in [-0.2, -0.15) is 0 Å². The summed E-state index contributed by atoms with van der Waals surface area (Å²) in [5.41, 5.74) is 1.55. The van der Waals surface area contributed by atoms with Crippen LogP contribution in [0.25, 0.3) is 11.3 Å². The summed E-state index contributed by atoms with van der Waals surface area (Å²) in [4.78, 5) is 15.7. The molecule has 5 nitrogen and oxygen atoms in total. The Morgan fingerprint density at radius 3 is 2.85 bits per heavy atom. The molecular weight excluding hydrogens is 344 g/mol. The van der Waals surface area contributed by atoms with Gasteiger partial charge in [0.15, 0.2) is 5.13 Å². The van der Waals surface area contributed by atoms with Crippen LogP contribution in [0.1, 0.15) is 0 Å². The average Bonchev–Trinajstić information content (AvgIpc) is 2.94. The van der Waals surface area contributed by atoms with Crippen LogP contribution in [0.3, 0.4) is 0 Å². The number of carbonyl (C=O) groups is 1. The first-order valence-electron chi connectivity index (χ1n) is 5.71. The van der Waals surface area contributed by atoms with Gasteiger partial charge >= 0.3 is 0 Å². The molecular formula is C13H13BrN2O3S. The highest BCUT2D eigenvalue weighted by Gasteiger charge is 2.12. The monoisotopic (exact) mass is 356 g/mol. The summed E-state index contributed by atoms with van der Waals surface area (Å²) in [5.74, 6) is 1.29. The van der Waals surface area contributed by atoms with E-state index in [2.05, 4.69) is 26.2 Å². The Kier molecular flexibility index (Phi) is 4.97. The Balaban J connectivity index is 2.33. The number of methoxy groups -OCH3 is 2. The Morgan fingerprint density at radius 1 is 1.40 bits per heavy atom. The molecule has 0 bridgehead atoms. The van der Waals surface area contributed by atoms with Gasteiger partial charge < -0.3 is 14.8 Å². The van der Waals surface area contributed by atoms with Gasteiger partial charge in [-0.05, 0) is 18.2 Å². The maximum Gasteiger partial charge on any atom is 0.236 e. The van der Waals surface area contributed by atoms with Crippen LogP contribution >= 0.6 is 27.3 Å². The number of amides is 1. The molecule has 20 heavy (non-hydrogen) atoms. The second kappa shape index (κ2) is 6.71. The van der Waals surface area contributed by atoms with Crippen molar-refractivity contribution in [1.82, 2.24) is 4.98 Å². The maximum atomic E-state index is 11.3. The topological polar surface area (TPSA) is 60.5 Å². The molecule has 0 radical (unpaired) electrons. The van der Waals surface area contributed by atoms with Crippen LogP contribution in [0.4, 0.5) is 5.13 Å². The number of alkyl halides is 1. The highest BCUT2D eigenvalue weighted by Crippen LogP contribution is 2.34. The lowest BCUT2D eigenvalue weighted by Crippen LogP contribution is -2.11. The molecule has 0 aliphatic heterocycles. The van der Waals surface area contributed by atoms with Gasteiger partial charge in [-0.15, -0.1) is 11.3 Å². The van der Waals surface area contributed by atoms with Crippen molar-refractivity contribution in [2.24, 2.45) is 0 Å². The summed E-state index contributed by atoms with van der Waals surface area (Å²) in [6.07, 6.45) is 0. The van der Waals surface area contributed by atoms with E-state index in [1.54, 1.807) is 14.2 Å². The van der Waals surface area contributed by atoms with Crippen LogP contribution in [0.2, 0.25) is 0 Å². The van der Waals surface area contributed by atoms with Crippen LogP contribution in [-0.2, 0) is 4.79 Å². The van der Waals surface area contributed by atoms with Crippen LogP contribution in [0.5, 0.6) is 11.5 Å². The van der Waals surface area contributed by atoms with Crippen molar-refractivity contribution in [2.75, 3.05) is 24.9 Å². The predicted molar refractivity (Wildman–Crippen MR) is 83.1 cm³/mol. The van der Waals surface area contributed by atoms with Gasteiger partial charge in [0.2, 0.25) is 5.91 Å². The normalized spacial score (nSPS) is 10.2. The Morgan fingerprint density at radius 2 is 2.20 bits per heavy atom. The third-order valence-corrected chi connectivity index (χ3v) is 3.82. The lowest BCUT2D eigenvalue weighted by molar-refractivity contribution is -0.113. The number of carbonyl (C=O) groups excluding carboxylic acids is 1. The number of hydrogen-bond donors (Lipinski definition) is 1. The maximum absolute atomic E-state index is 11.3. The number of halogens is 1. The first-order valence-corrected chi connectivity index (χ1v) is 7.71. The lowest BCUT2D eigenvalue weighted by Gasteiger charge is -2.08. The molecule has 0 fully saturated rings. The summed E-state index contributed by atoms with van der Waals surface area (Å²) >= 11 is 4.45. The lowest BCUT2D eigenvalue weighted by atomic mass is 10.1. The molecule has 2 aromatic rings. The minimum Gasteiger partial charge on any atom is -0.497 e. The number of rotatable bonds is 5. The number of anilines is 1. The number of thiazole rings is 1. The fraction of sp³-hybridized carbons (Fsp3) is 0.231. The number of nitrogens with zero attached hydrogens (tertiary/aromatic N) is 1. The van der Waals surface area contributed by atoms with Gasteiger partial charge in [0.25, 0.3) is 0 Å². The van der Waals surface area contributed by atoms with E-state index in [0.29, 0.717) is 10.9 Å². The number of aromatic nitrogens is 1. The molecule has 0 saturated heterocycles. The summed E-state index contributed by atoms with van der Waals surface area (Å²) in [5, 5.41) is 5.35. The van der Waals surface area contributed by atoms with Gasteiger partial charge in [0.1, 0.15) is 11.5 Å². The van der Waals surface area contributed by atoms with E-state index in [-0.39, 0.29) is 11.2 Å². The van der Waals surface area contributed by atoms with E-state index in [1.165, 1.54) is 11.3 Å². The smallest absolute Gasteiger partial charge is 0.236 e. The minimum absolute atomic E-state index is 0.136. The zero-order valence-electron chi connectivity index (χ0n) is 11.0. The molecule has 0 saturated carbocycles. The molecule has 1 heterocycles. The number of hydrogen-bond acceptors (Lipinski definition) is 5. The van der Waals surface area contributed by atoms with Crippen molar-refractivity contribution in [2.45, 2.75) is 0 Å². The van der Waals surface area contributed by atoms with Crippen molar-refractivity contribution in [3.8, 4) is 22.8 Å². The number of ether oxygens (including phenoxy) is 2. The molecule has 0 aliphatic carbocycles. The third-order valence-electron chi connectivity index (χ3n) is 2.55. The van der Waals surface area contributed by atoms with Crippen molar-refractivity contribution in [1.29, 1.82) is 0 Å². The van der Waals surface area contributed by atoms with Crippen LogP contribution in [-0.4, -0.2) is 30.4 Å². The Hall–Kier alpha value is -1.60. The van der Waals surface area contributed by atoms with Gasteiger partial charge in [0.05, 0.1) is 25.2 Å². The van der Waals surface area contributed by atoms with Crippen LogP contribution < -0.4 is 14.8 Å². The quantitative estimate of drug-likeness (QED) is 0.835. The molecule has 0 unspecified atom stereocenters. The van der Waals surface area contributed by atoms with E-state index in [4.69, 9.17) is 9.47 Å². The number of nitrogens with one attached hydrogen (secondary N) is 1. The van der Waals surface area contributed by atoms with Crippen LogP contribution in [0.15, 0.2) is 23.6 Å². The third kappa shape index (κ3) is 3.29. The van der Waals surface area contributed by atoms with Gasteiger partial charge in [0, 0.05) is 10.9 Å². The van der Waals surface area contributed by atoms with E-state index in [0.717, 1.165) is 17.0 Å². The highest BCUT2D eigenvalue weighted by molar-refractivity contribution is 9.09. The summed E-state index contributed by atoms with van der Waals surface area (Å²) in [6.45, 7) is 0. The standard InChI is InChI=1S/C13H13BrN2O3S/c1-18-8-3-4-11(19-2)9(5-8)10-7-20-13(15-10)16-12(17)6-14/h3-5,7H,6H2,1-2H3,(H,15,16,17). The zero-order valence-corrected chi connectivity index (χ0v) is 13.4. The molecule has 2 rings (SSSR count). The van der Waals surface area contributed by atoms with E-state index < -0.39 is 0 Å². The fourth-order valence-electron chi connectivity index (χ4n) is 1.62. The molecule has 106 valence electrons. The molecule has 1 amide bonds. The Bertz CT molecular complexity index is 615. The number of benzene rings is 1. The van der Waals surface area contributed by atoms with Crippen LogP contribution in [0, 0.1) is 0 Å². The average molecular weight is 357 g/mol. The second-order valence-electron chi connectivity index (χ2n) is 3.79. The van der Waals surface area contributed by atoms with Crippen molar-refractivity contribution in [3.63, 3.8) is 0 Å². The summed E-state index contributed by atoms with van der Waals surface area (Å²) < 4.78 is 10.5. The molecule has 0 spiro atoms. The second-order valence-corrected chi connectivity index (χ2v) is 5.20. The summed E-state index contributed by atoms with van der Waals surface area (Å²) in [6, 6.07) is 5.50. The van der Waals surface area contributed by atoms with Crippen molar-refractivity contribution < 1.29 is 14.3 Å². The van der Waals surface area contributed by atoms with Crippen molar-refractivity contribution in [3.05, 3.63) is 23.6 Å². The molecule has 0 aliphatic rings. The Labute approximate surface area is 129 Å². The first kappa shape index (κ1) is 14.8. The van der Waals surface area contributed by atoms with Gasteiger partial charge in [-0.3, -0.25) is 4.79 Å². The molecule has 7 heteroatoms.